The van der Waals surface area contributed by atoms with Crippen LogP contribution < -0.4 is 5.32 Å². The second-order valence-electron chi connectivity index (χ2n) is 3.56. The number of amides is 1. The monoisotopic (exact) mass is 255 g/mol. The zero-order valence-corrected chi connectivity index (χ0v) is 9.58. The predicted molar refractivity (Wildman–Crippen MR) is 60.5 cm³/mol. The number of phenols is 2. The van der Waals surface area contributed by atoms with Gasteiger partial charge in [-0.3, -0.25) is 4.79 Å². The number of aromatic hydroxyl groups is 2. The van der Waals surface area contributed by atoms with Crippen LogP contribution in [0.25, 0.3) is 0 Å². The number of ether oxygens (including phenoxy) is 1. The van der Waals surface area contributed by atoms with Crippen LogP contribution in [0.15, 0.2) is 18.2 Å². The topological polar surface area (TPSA) is 116 Å². The molecule has 7 heteroatoms. The first kappa shape index (κ1) is 13.8. The molecule has 1 aromatic rings. The van der Waals surface area contributed by atoms with Gasteiger partial charge in [0.25, 0.3) is 5.91 Å². The molecule has 1 amide bonds. The highest BCUT2D eigenvalue weighted by Crippen LogP contribution is 2.20. The molecule has 4 N–H and O–H groups in total. The van der Waals surface area contributed by atoms with Gasteiger partial charge < -0.3 is 25.4 Å². The highest BCUT2D eigenvalue weighted by molar-refractivity contribution is 5.97. The predicted octanol–water partition coefficient (Wildman–Crippen LogP) is -0.0728. The third-order valence-electron chi connectivity index (χ3n) is 2.10. The molecule has 0 radical (unpaired) electrons. The third kappa shape index (κ3) is 3.63. The summed E-state index contributed by atoms with van der Waals surface area (Å²) in [5, 5.41) is 29.4. The molecule has 0 saturated heterocycles. The van der Waals surface area contributed by atoms with Crippen molar-refractivity contribution in [1.29, 1.82) is 0 Å². The molecule has 0 saturated carbocycles. The average molecular weight is 255 g/mol. The minimum absolute atomic E-state index is 0.0464. The molecular weight excluding hydrogens is 242 g/mol. The van der Waals surface area contributed by atoms with E-state index in [-0.39, 0.29) is 23.7 Å². The lowest BCUT2D eigenvalue weighted by atomic mass is 10.1. The van der Waals surface area contributed by atoms with Crippen molar-refractivity contribution in [2.45, 2.75) is 6.04 Å². The van der Waals surface area contributed by atoms with Gasteiger partial charge in [-0.2, -0.15) is 0 Å². The van der Waals surface area contributed by atoms with Gasteiger partial charge in [-0.05, 0) is 12.1 Å². The molecule has 18 heavy (non-hydrogen) atoms. The molecule has 0 heterocycles. The number of hydrogen-bond donors (Lipinski definition) is 4. The van der Waals surface area contributed by atoms with E-state index in [0.29, 0.717) is 0 Å². The van der Waals surface area contributed by atoms with Crippen molar-refractivity contribution in [2.75, 3.05) is 13.7 Å². The van der Waals surface area contributed by atoms with Gasteiger partial charge in [-0.25, -0.2) is 4.79 Å². The fraction of sp³-hybridized carbons (Fsp3) is 0.273. The van der Waals surface area contributed by atoms with Crippen LogP contribution in [-0.2, 0) is 9.53 Å². The molecule has 0 spiro atoms. The summed E-state index contributed by atoms with van der Waals surface area (Å²) < 4.78 is 4.66. The van der Waals surface area contributed by atoms with Gasteiger partial charge in [-0.1, -0.05) is 0 Å². The molecule has 1 aromatic carbocycles. The first-order chi connectivity index (χ1) is 8.43. The summed E-state index contributed by atoms with van der Waals surface area (Å²) in [4.78, 5) is 22.5. The summed E-state index contributed by atoms with van der Waals surface area (Å²) in [5.74, 6) is -2.56. The minimum atomic E-state index is -1.24. The number of rotatable bonds is 5. The van der Waals surface area contributed by atoms with E-state index in [1.54, 1.807) is 0 Å². The molecule has 0 aliphatic carbocycles. The number of carbonyl (C=O) groups is 2. The van der Waals surface area contributed by atoms with E-state index in [1.807, 2.05) is 0 Å². The van der Waals surface area contributed by atoms with Crippen LogP contribution >= 0.6 is 0 Å². The molecule has 0 fully saturated rings. The van der Waals surface area contributed by atoms with E-state index >= 15 is 0 Å². The van der Waals surface area contributed by atoms with Gasteiger partial charge in [0.05, 0.1) is 6.61 Å². The molecule has 1 unspecified atom stereocenters. The van der Waals surface area contributed by atoms with E-state index in [1.165, 1.54) is 7.11 Å². The van der Waals surface area contributed by atoms with Crippen molar-refractivity contribution in [1.82, 2.24) is 5.32 Å². The number of carbonyl (C=O) groups excluding carboxylic acids is 1. The number of hydrogen-bond acceptors (Lipinski definition) is 5. The van der Waals surface area contributed by atoms with E-state index in [4.69, 9.17) is 5.11 Å². The van der Waals surface area contributed by atoms with Crippen LogP contribution in [0.3, 0.4) is 0 Å². The van der Waals surface area contributed by atoms with Crippen LogP contribution in [-0.4, -0.2) is 47.0 Å². The molecular formula is C11H13NO6. The van der Waals surface area contributed by atoms with Crippen molar-refractivity contribution in [3.8, 4) is 11.5 Å². The maximum absolute atomic E-state index is 11.7. The number of carboxylic acids is 1. The minimum Gasteiger partial charge on any atom is -0.508 e. The Balaban J connectivity index is 2.83. The third-order valence-corrected chi connectivity index (χ3v) is 2.10. The van der Waals surface area contributed by atoms with Crippen LogP contribution in [0.1, 0.15) is 10.4 Å². The van der Waals surface area contributed by atoms with Crippen LogP contribution in [0.4, 0.5) is 0 Å². The van der Waals surface area contributed by atoms with Gasteiger partial charge >= 0.3 is 5.97 Å². The molecule has 0 bridgehead atoms. The number of aliphatic carboxylic acids is 1. The summed E-state index contributed by atoms with van der Waals surface area (Å²) in [5.41, 5.74) is -0.0464. The maximum Gasteiger partial charge on any atom is 0.328 e. The maximum atomic E-state index is 11.7. The second kappa shape index (κ2) is 5.87. The van der Waals surface area contributed by atoms with Crippen LogP contribution in [0.2, 0.25) is 0 Å². The standard InChI is InChI=1S/C11H13NO6/c1-18-5-9(11(16)17)12-10(15)6-2-7(13)4-8(14)3-6/h2-4,9,13-14H,5H2,1H3,(H,12,15)(H,16,17). The number of carboxylic acid groups (broad SMARTS) is 1. The summed E-state index contributed by atoms with van der Waals surface area (Å²) in [6, 6.07) is 2.08. The Bertz CT molecular complexity index is 439. The quantitative estimate of drug-likeness (QED) is 0.585. The Morgan fingerprint density at radius 2 is 1.83 bits per heavy atom. The zero-order chi connectivity index (χ0) is 13.7. The Kier molecular flexibility index (Phi) is 4.50. The van der Waals surface area contributed by atoms with Gasteiger partial charge in [0, 0.05) is 18.7 Å². The second-order valence-corrected chi connectivity index (χ2v) is 3.56. The number of phenolic OH excluding ortho intramolecular Hbond substituents is 2. The summed E-state index contributed by atoms with van der Waals surface area (Å²) >= 11 is 0. The highest BCUT2D eigenvalue weighted by Gasteiger charge is 2.20. The fourth-order valence-electron chi connectivity index (χ4n) is 1.31. The normalized spacial score (nSPS) is 11.8. The first-order valence-electron chi connectivity index (χ1n) is 4.99. The van der Waals surface area contributed by atoms with E-state index in [9.17, 15) is 19.8 Å². The molecule has 1 atom stereocenters. The van der Waals surface area contributed by atoms with E-state index < -0.39 is 17.9 Å². The molecule has 0 aromatic heterocycles. The van der Waals surface area contributed by atoms with E-state index in [2.05, 4.69) is 10.1 Å². The zero-order valence-electron chi connectivity index (χ0n) is 9.58. The number of nitrogens with one attached hydrogen (secondary N) is 1. The Hall–Kier alpha value is -2.28. The van der Waals surface area contributed by atoms with Crippen molar-refractivity contribution in [3.05, 3.63) is 23.8 Å². The van der Waals surface area contributed by atoms with Crippen molar-refractivity contribution in [3.63, 3.8) is 0 Å². The van der Waals surface area contributed by atoms with Gasteiger partial charge in [0.15, 0.2) is 6.04 Å². The van der Waals surface area contributed by atoms with Crippen molar-refractivity contribution >= 4 is 11.9 Å². The molecule has 98 valence electrons. The average Bonchev–Trinajstić information content (AvgIpc) is 2.26. The smallest absolute Gasteiger partial charge is 0.328 e. The summed E-state index contributed by atoms with van der Waals surface area (Å²) in [6.07, 6.45) is 0. The number of methoxy groups -OCH3 is 1. The lowest BCUT2D eigenvalue weighted by molar-refractivity contribution is -0.140. The van der Waals surface area contributed by atoms with Crippen LogP contribution in [0.5, 0.6) is 11.5 Å². The Labute approximate surface area is 103 Å². The van der Waals surface area contributed by atoms with Crippen molar-refractivity contribution in [2.24, 2.45) is 0 Å². The first-order valence-corrected chi connectivity index (χ1v) is 4.99. The SMILES string of the molecule is COCC(NC(=O)c1cc(O)cc(O)c1)C(=O)O. The van der Waals surface area contributed by atoms with Crippen molar-refractivity contribution < 1.29 is 29.6 Å². The Morgan fingerprint density at radius 1 is 1.28 bits per heavy atom. The van der Waals surface area contributed by atoms with Crippen LogP contribution in [0, 0.1) is 0 Å². The molecule has 1 rings (SSSR count). The van der Waals surface area contributed by atoms with E-state index in [0.717, 1.165) is 18.2 Å². The van der Waals surface area contributed by atoms with Gasteiger partial charge in [0.2, 0.25) is 0 Å². The molecule has 7 nitrogen and oxygen atoms in total. The fourth-order valence-corrected chi connectivity index (χ4v) is 1.31. The largest absolute Gasteiger partial charge is 0.508 e. The summed E-state index contributed by atoms with van der Waals surface area (Å²) in [7, 11) is 1.31. The Morgan fingerprint density at radius 3 is 2.28 bits per heavy atom. The molecule has 0 aliphatic rings. The van der Waals surface area contributed by atoms with Gasteiger partial charge in [-0.15, -0.1) is 0 Å². The summed E-state index contributed by atoms with van der Waals surface area (Å²) in [6.45, 7) is -0.189. The highest BCUT2D eigenvalue weighted by atomic mass is 16.5. The van der Waals surface area contributed by atoms with Gasteiger partial charge in [0.1, 0.15) is 11.5 Å². The molecule has 0 aliphatic heterocycles. The lowest BCUT2D eigenvalue weighted by Gasteiger charge is -2.13. The number of benzene rings is 1. The lowest BCUT2D eigenvalue weighted by Crippen LogP contribution is -2.43.